The summed E-state index contributed by atoms with van der Waals surface area (Å²) in [6.45, 7) is 4.49. The van der Waals surface area contributed by atoms with E-state index in [0.29, 0.717) is 29.6 Å². The number of carbonyl (C=O) groups is 1. The third kappa shape index (κ3) is 5.83. The lowest BCUT2D eigenvalue weighted by molar-refractivity contribution is -0.892. The molecule has 144 valence electrons. The second-order valence-electron chi connectivity index (χ2n) is 6.73. The first-order valence-electron chi connectivity index (χ1n) is 9.06. The topological polar surface area (TPSA) is 36.8 Å². The Morgan fingerprint density at radius 2 is 1.81 bits per heavy atom. The summed E-state index contributed by atoms with van der Waals surface area (Å²) in [4.78, 5) is 15.7. The maximum Gasteiger partial charge on any atom is 0.275 e. The lowest BCUT2D eigenvalue weighted by Crippen LogP contribution is -3.16. The van der Waals surface area contributed by atoms with E-state index in [-0.39, 0.29) is 11.7 Å². The Bertz CT molecular complexity index is 777. The molecule has 0 bridgehead atoms. The number of nitrogens with zero attached hydrogens (tertiary/aromatic N) is 1. The van der Waals surface area contributed by atoms with Crippen molar-refractivity contribution in [1.82, 2.24) is 5.32 Å². The minimum absolute atomic E-state index is 0.0466. The third-order valence-corrected chi connectivity index (χ3v) is 5.39. The van der Waals surface area contributed by atoms with Crippen LogP contribution in [-0.2, 0) is 11.2 Å². The first-order valence-corrected chi connectivity index (χ1v) is 9.81. The summed E-state index contributed by atoms with van der Waals surface area (Å²) >= 11 is 12.0. The van der Waals surface area contributed by atoms with Crippen molar-refractivity contribution < 1.29 is 14.1 Å². The normalized spacial score (nSPS) is 15.0. The molecule has 0 unspecified atom stereocenters. The van der Waals surface area contributed by atoms with Crippen LogP contribution in [0.1, 0.15) is 5.56 Å². The fourth-order valence-electron chi connectivity index (χ4n) is 3.26. The van der Waals surface area contributed by atoms with Crippen molar-refractivity contribution in [2.45, 2.75) is 6.42 Å². The van der Waals surface area contributed by atoms with E-state index in [0.717, 1.165) is 37.4 Å². The van der Waals surface area contributed by atoms with Gasteiger partial charge < -0.3 is 15.1 Å². The molecule has 1 aliphatic heterocycles. The molecule has 0 spiro atoms. The van der Waals surface area contributed by atoms with Crippen LogP contribution in [0.5, 0.6) is 0 Å². The predicted molar refractivity (Wildman–Crippen MR) is 107 cm³/mol. The van der Waals surface area contributed by atoms with Gasteiger partial charge in [0, 0.05) is 22.3 Å². The largest absolute Gasteiger partial charge is 0.360 e. The molecule has 27 heavy (non-hydrogen) atoms. The molecule has 2 aromatic carbocycles. The Hall–Kier alpha value is -1.82. The lowest BCUT2D eigenvalue weighted by Gasteiger charge is -2.33. The van der Waals surface area contributed by atoms with E-state index in [1.54, 1.807) is 24.3 Å². The number of benzene rings is 2. The molecule has 1 saturated heterocycles. The zero-order chi connectivity index (χ0) is 19.2. The molecule has 0 aliphatic carbocycles. The molecule has 1 amide bonds. The average molecular weight is 411 g/mol. The summed E-state index contributed by atoms with van der Waals surface area (Å²) in [5.41, 5.74) is 2.00. The molecule has 0 aromatic heterocycles. The summed E-state index contributed by atoms with van der Waals surface area (Å²) in [5, 5.41) is 4.19. The van der Waals surface area contributed by atoms with Gasteiger partial charge >= 0.3 is 0 Å². The number of quaternary nitrogens is 1. The third-order valence-electron chi connectivity index (χ3n) is 4.80. The molecule has 2 aromatic rings. The van der Waals surface area contributed by atoms with Gasteiger partial charge in [-0.25, -0.2) is 4.39 Å². The minimum Gasteiger partial charge on any atom is -0.360 e. The number of anilines is 1. The first-order chi connectivity index (χ1) is 13.0. The predicted octanol–water partition coefficient (Wildman–Crippen LogP) is 2.20. The Morgan fingerprint density at radius 3 is 2.48 bits per heavy atom. The standard InChI is InChI=1S/C20H22Cl2FN3O/c21-16-2-1-15(19(22)13-16)7-8-24-20(27)14-25-9-11-26(12-10-25)18-5-3-17(23)4-6-18/h1-6,13H,7-12,14H2,(H,24,27)/p+1. The molecule has 1 aliphatic rings. The van der Waals surface area contributed by atoms with E-state index in [1.165, 1.54) is 17.0 Å². The van der Waals surface area contributed by atoms with Gasteiger partial charge in [-0.1, -0.05) is 29.3 Å². The van der Waals surface area contributed by atoms with E-state index in [4.69, 9.17) is 23.2 Å². The summed E-state index contributed by atoms with van der Waals surface area (Å²) < 4.78 is 13.0. The summed E-state index contributed by atoms with van der Waals surface area (Å²) in [6.07, 6.45) is 0.676. The highest BCUT2D eigenvalue weighted by atomic mass is 35.5. The van der Waals surface area contributed by atoms with Crippen LogP contribution in [0.2, 0.25) is 10.0 Å². The Balaban J connectivity index is 1.38. The molecule has 1 fully saturated rings. The summed E-state index contributed by atoms with van der Waals surface area (Å²) in [7, 11) is 0. The highest BCUT2D eigenvalue weighted by molar-refractivity contribution is 6.35. The highest BCUT2D eigenvalue weighted by Gasteiger charge is 2.22. The van der Waals surface area contributed by atoms with Gasteiger partial charge in [-0.05, 0) is 48.4 Å². The van der Waals surface area contributed by atoms with Crippen molar-refractivity contribution in [1.29, 1.82) is 0 Å². The smallest absolute Gasteiger partial charge is 0.275 e. The fourth-order valence-corrected chi connectivity index (χ4v) is 3.76. The van der Waals surface area contributed by atoms with Crippen molar-refractivity contribution in [2.24, 2.45) is 0 Å². The quantitative estimate of drug-likeness (QED) is 0.765. The maximum atomic E-state index is 13.0. The fraction of sp³-hybridized carbons (Fsp3) is 0.350. The van der Waals surface area contributed by atoms with Crippen molar-refractivity contribution in [3.8, 4) is 0 Å². The second-order valence-corrected chi connectivity index (χ2v) is 7.57. The van der Waals surface area contributed by atoms with Crippen LogP contribution in [0.4, 0.5) is 10.1 Å². The Morgan fingerprint density at radius 1 is 1.11 bits per heavy atom. The first kappa shape index (κ1) is 19.9. The average Bonchev–Trinajstić information content (AvgIpc) is 2.65. The van der Waals surface area contributed by atoms with Crippen LogP contribution in [0.15, 0.2) is 42.5 Å². The van der Waals surface area contributed by atoms with Crippen LogP contribution in [-0.4, -0.2) is 45.2 Å². The highest BCUT2D eigenvalue weighted by Crippen LogP contribution is 2.21. The Kier molecular flexibility index (Phi) is 6.94. The number of nitrogens with one attached hydrogen (secondary N) is 2. The van der Waals surface area contributed by atoms with Gasteiger partial charge in [0.1, 0.15) is 5.82 Å². The van der Waals surface area contributed by atoms with E-state index in [1.807, 2.05) is 6.07 Å². The molecule has 3 rings (SSSR count). The van der Waals surface area contributed by atoms with Gasteiger partial charge in [0.2, 0.25) is 0 Å². The van der Waals surface area contributed by atoms with Crippen molar-refractivity contribution in [3.05, 3.63) is 63.9 Å². The maximum absolute atomic E-state index is 13.0. The molecule has 0 radical (unpaired) electrons. The number of carbonyl (C=O) groups excluding carboxylic acids is 1. The van der Waals surface area contributed by atoms with Crippen LogP contribution >= 0.6 is 23.2 Å². The zero-order valence-corrected chi connectivity index (χ0v) is 16.5. The van der Waals surface area contributed by atoms with E-state index >= 15 is 0 Å². The molecule has 7 heteroatoms. The number of amides is 1. The number of hydrogen-bond acceptors (Lipinski definition) is 2. The van der Waals surface area contributed by atoms with Gasteiger partial charge in [0.05, 0.1) is 26.2 Å². The van der Waals surface area contributed by atoms with Gasteiger partial charge in [-0.2, -0.15) is 0 Å². The SMILES string of the molecule is O=C(C[NH+]1CCN(c2ccc(F)cc2)CC1)NCCc1ccc(Cl)cc1Cl. The van der Waals surface area contributed by atoms with Crippen molar-refractivity contribution in [3.63, 3.8) is 0 Å². The minimum atomic E-state index is -0.223. The van der Waals surface area contributed by atoms with Crippen molar-refractivity contribution in [2.75, 3.05) is 44.2 Å². The van der Waals surface area contributed by atoms with Gasteiger partial charge in [-0.3, -0.25) is 4.79 Å². The van der Waals surface area contributed by atoms with E-state index < -0.39 is 0 Å². The molecular formula is C20H23Cl2FN3O+. The number of rotatable bonds is 6. The van der Waals surface area contributed by atoms with E-state index in [9.17, 15) is 9.18 Å². The van der Waals surface area contributed by atoms with Crippen LogP contribution in [0.3, 0.4) is 0 Å². The van der Waals surface area contributed by atoms with Gasteiger partial charge in [0.15, 0.2) is 6.54 Å². The molecule has 2 N–H and O–H groups in total. The molecular weight excluding hydrogens is 388 g/mol. The number of piperazine rings is 1. The number of hydrogen-bond donors (Lipinski definition) is 2. The summed E-state index contributed by atoms with van der Waals surface area (Å²) in [5.74, 6) is -0.176. The van der Waals surface area contributed by atoms with Crippen LogP contribution in [0, 0.1) is 5.82 Å². The summed E-state index contributed by atoms with van der Waals surface area (Å²) in [6, 6.07) is 12.0. The zero-order valence-electron chi connectivity index (χ0n) is 15.0. The molecule has 0 saturated carbocycles. The molecule has 4 nitrogen and oxygen atoms in total. The van der Waals surface area contributed by atoms with Crippen LogP contribution in [0.25, 0.3) is 0 Å². The van der Waals surface area contributed by atoms with Gasteiger partial charge in [-0.15, -0.1) is 0 Å². The van der Waals surface area contributed by atoms with Crippen LogP contribution < -0.4 is 15.1 Å². The molecule has 0 atom stereocenters. The van der Waals surface area contributed by atoms with Crippen molar-refractivity contribution >= 4 is 34.8 Å². The monoisotopic (exact) mass is 410 g/mol. The van der Waals surface area contributed by atoms with E-state index in [2.05, 4.69) is 10.2 Å². The number of halogens is 3. The van der Waals surface area contributed by atoms with Gasteiger partial charge in [0.25, 0.3) is 5.91 Å². The lowest BCUT2D eigenvalue weighted by atomic mass is 10.1. The second kappa shape index (κ2) is 9.40. The molecule has 1 heterocycles. The Labute approximate surface area is 168 Å².